The minimum absolute atomic E-state index is 0.132. The van der Waals surface area contributed by atoms with Gasteiger partial charge in [-0.15, -0.1) is 0 Å². The second kappa shape index (κ2) is 7.48. The van der Waals surface area contributed by atoms with Crippen molar-refractivity contribution in [1.82, 2.24) is 0 Å². The summed E-state index contributed by atoms with van der Waals surface area (Å²) in [5, 5.41) is 16.0. The molecule has 1 unspecified atom stereocenters. The maximum atomic E-state index is 9.79. The highest BCUT2D eigenvalue weighted by Gasteiger charge is 1.98. The van der Waals surface area contributed by atoms with E-state index in [1.807, 2.05) is 0 Å². The first kappa shape index (κ1) is 14.4. The molecule has 0 radical (unpaired) electrons. The molecule has 0 spiro atoms. The van der Waals surface area contributed by atoms with Gasteiger partial charge in [0.2, 0.25) is 0 Å². The van der Waals surface area contributed by atoms with Gasteiger partial charge < -0.3 is 10.2 Å². The molecule has 0 heterocycles. The number of hydrogen-bond acceptors (Lipinski definition) is 4. The fraction of sp³-hybridized carbons (Fsp3) is 1.00. The Hall–Kier alpha value is -0.170. The fourth-order valence-corrected chi connectivity index (χ4v) is 0.774. The summed E-state index contributed by atoms with van der Waals surface area (Å²) in [6.07, 6.45) is -0.0891. The van der Waals surface area contributed by atoms with E-state index in [1.165, 1.54) is 6.92 Å². The minimum atomic E-state index is -3.67. The Morgan fingerprint density at radius 2 is 1.75 bits per heavy atom. The number of aliphatic hydroxyl groups is 2. The van der Waals surface area contributed by atoms with Crippen LogP contribution in [0.1, 0.15) is 20.3 Å². The van der Waals surface area contributed by atoms with Gasteiger partial charge in [0, 0.05) is 0 Å². The van der Waals surface area contributed by atoms with Crippen LogP contribution in [0.15, 0.2) is 0 Å². The molecule has 0 fully saturated rings. The second-order valence-electron chi connectivity index (χ2n) is 2.32. The van der Waals surface area contributed by atoms with Crippen molar-refractivity contribution in [3.05, 3.63) is 0 Å². The zero-order valence-electron chi connectivity index (χ0n) is 7.27. The molecule has 0 saturated carbocycles. The van der Waals surface area contributed by atoms with Gasteiger partial charge in [-0.1, -0.05) is 6.92 Å². The lowest BCUT2D eigenvalue weighted by Crippen LogP contribution is -2.03. The van der Waals surface area contributed by atoms with Crippen molar-refractivity contribution in [3.8, 4) is 0 Å². The van der Waals surface area contributed by atoms with E-state index in [-0.39, 0.29) is 12.4 Å². The van der Waals surface area contributed by atoms with Crippen LogP contribution in [-0.4, -0.2) is 41.6 Å². The highest BCUT2D eigenvalue weighted by Crippen LogP contribution is 1.83. The van der Waals surface area contributed by atoms with Gasteiger partial charge in [-0.2, -0.15) is 8.42 Å². The van der Waals surface area contributed by atoms with Crippen molar-refractivity contribution < 1.29 is 23.2 Å². The SMILES string of the molecule is CC(O)CO.CCCS(=O)(=O)O. The maximum Gasteiger partial charge on any atom is 0.264 e. The molecular weight excluding hydrogens is 184 g/mol. The van der Waals surface area contributed by atoms with E-state index in [4.69, 9.17) is 14.8 Å². The first-order valence-corrected chi connectivity index (χ1v) is 5.18. The van der Waals surface area contributed by atoms with E-state index >= 15 is 0 Å². The third kappa shape index (κ3) is 22.5. The third-order valence-electron chi connectivity index (χ3n) is 0.726. The highest BCUT2D eigenvalue weighted by atomic mass is 32.2. The summed E-state index contributed by atoms with van der Waals surface area (Å²) < 4.78 is 27.6. The average Bonchev–Trinajstić information content (AvgIpc) is 1.86. The molecule has 0 aromatic heterocycles. The quantitative estimate of drug-likeness (QED) is 0.541. The first-order chi connectivity index (χ1) is 5.33. The van der Waals surface area contributed by atoms with Crippen LogP contribution in [0.5, 0.6) is 0 Å². The maximum absolute atomic E-state index is 9.79. The Bertz CT molecular complexity index is 172. The van der Waals surface area contributed by atoms with Crippen molar-refractivity contribution >= 4 is 10.1 Å². The smallest absolute Gasteiger partial charge is 0.264 e. The highest BCUT2D eigenvalue weighted by molar-refractivity contribution is 7.85. The molecule has 0 aromatic carbocycles. The number of aliphatic hydroxyl groups excluding tert-OH is 2. The summed E-state index contributed by atoms with van der Waals surface area (Å²) in [6, 6.07) is 0. The van der Waals surface area contributed by atoms with Gasteiger partial charge in [-0.25, -0.2) is 0 Å². The van der Waals surface area contributed by atoms with Crippen molar-refractivity contribution in [3.63, 3.8) is 0 Å². The normalized spacial score (nSPS) is 13.1. The molecule has 6 heteroatoms. The Morgan fingerprint density at radius 3 is 1.75 bits per heavy atom. The minimum Gasteiger partial charge on any atom is -0.394 e. The van der Waals surface area contributed by atoms with Gasteiger partial charge in [0.05, 0.1) is 18.5 Å². The van der Waals surface area contributed by atoms with Crippen LogP contribution in [0.4, 0.5) is 0 Å². The molecule has 5 nitrogen and oxygen atoms in total. The second-order valence-corrected chi connectivity index (χ2v) is 3.89. The predicted molar refractivity (Wildman–Crippen MR) is 45.5 cm³/mol. The van der Waals surface area contributed by atoms with E-state index in [9.17, 15) is 8.42 Å². The van der Waals surface area contributed by atoms with Crippen molar-refractivity contribution in [2.24, 2.45) is 0 Å². The summed E-state index contributed by atoms with van der Waals surface area (Å²) in [7, 11) is -3.67. The molecule has 0 aliphatic heterocycles. The Balaban J connectivity index is 0. The molecule has 0 aromatic rings. The van der Waals surface area contributed by atoms with Crippen LogP contribution in [0.2, 0.25) is 0 Å². The summed E-state index contributed by atoms with van der Waals surface area (Å²) in [4.78, 5) is 0. The van der Waals surface area contributed by atoms with Crippen LogP contribution in [0.3, 0.4) is 0 Å². The van der Waals surface area contributed by atoms with Crippen molar-refractivity contribution in [1.29, 1.82) is 0 Å². The molecule has 0 rings (SSSR count). The lowest BCUT2D eigenvalue weighted by atomic mass is 10.5. The van der Waals surface area contributed by atoms with E-state index in [0.29, 0.717) is 6.42 Å². The molecule has 76 valence electrons. The van der Waals surface area contributed by atoms with Gasteiger partial charge in [-0.3, -0.25) is 4.55 Å². The van der Waals surface area contributed by atoms with E-state index < -0.39 is 16.2 Å². The fourth-order valence-electron chi connectivity index (χ4n) is 0.258. The molecule has 1 atom stereocenters. The zero-order chi connectivity index (χ0) is 10.2. The van der Waals surface area contributed by atoms with E-state index in [0.717, 1.165) is 0 Å². The van der Waals surface area contributed by atoms with Gasteiger partial charge in [0.1, 0.15) is 0 Å². The van der Waals surface area contributed by atoms with Crippen LogP contribution in [0, 0.1) is 0 Å². The van der Waals surface area contributed by atoms with Gasteiger partial charge >= 0.3 is 0 Å². The zero-order valence-corrected chi connectivity index (χ0v) is 8.08. The van der Waals surface area contributed by atoms with Crippen LogP contribution in [-0.2, 0) is 10.1 Å². The largest absolute Gasteiger partial charge is 0.394 e. The summed E-state index contributed by atoms with van der Waals surface area (Å²) >= 11 is 0. The van der Waals surface area contributed by atoms with Crippen molar-refractivity contribution in [2.45, 2.75) is 26.4 Å². The van der Waals surface area contributed by atoms with E-state index in [2.05, 4.69) is 0 Å². The van der Waals surface area contributed by atoms with Gasteiger partial charge in [0.15, 0.2) is 0 Å². The van der Waals surface area contributed by atoms with Gasteiger partial charge in [-0.05, 0) is 13.3 Å². The number of rotatable bonds is 3. The van der Waals surface area contributed by atoms with Gasteiger partial charge in [0.25, 0.3) is 10.1 Å². The van der Waals surface area contributed by atoms with Crippen molar-refractivity contribution in [2.75, 3.05) is 12.4 Å². The summed E-state index contributed by atoms with van der Waals surface area (Å²) in [5.41, 5.74) is 0. The monoisotopic (exact) mass is 200 g/mol. The molecule has 0 bridgehead atoms. The van der Waals surface area contributed by atoms with Crippen LogP contribution >= 0.6 is 0 Å². The Kier molecular flexibility index (Phi) is 8.95. The number of hydrogen-bond donors (Lipinski definition) is 3. The molecule has 3 N–H and O–H groups in total. The topological polar surface area (TPSA) is 94.8 Å². The Morgan fingerprint density at radius 1 is 1.42 bits per heavy atom. The third-order valence-corrected chi connectivity index (χ3v) is 1.65. The van der Waals surface area contributed by atoms with E-state index in [1.54, 1.807) is 6.92 Å². The standard InChI is InChI=1S/C3H8O3S.C3H8O2/c1-2-3-7(4,5)6;1-3(5)2-4/h2-3H2,1H3,(H,4,5,6);3-5H,2H2,1H3. The average molecular weight is 200 g/mol. The molecule has 0 saturated heterocycles. The van der Waals surface area contributed by atoms with Crippen LogP contribution < -0.4 is 0 Å². The lowest BCUT2D eigenvalue weighted by Gasteiger charge is -1.90. The summed E-state index contributed by atoms with van der Waals surface area (Å²) in [6.45, 7) is 3.08. The molecule has 12 heavy (non-hydrogen) atoms. The van der Waals surface area contributed by atoms with Crippen LogP contribution in [0.25, 0.3) is 0 Å². The predicted octanol–water partition coefficient (Wildman–Crippen LogP) is -0.356. The molecule has 0 amide bonds. The summed E-state index contributed by atoms with van der Waals surface area (Å²) in [5.74, 6) is -0.132. The molecular formula is C6H16O5S. The first-order valence-electron chi connectivity index (χ1n) is 3.57. The Labute approximate surface area is 72.8 Å². The lowest BCUT2D eigenvalue weighted by molar-refractivity contribution is 0.110. The molecule has 0 aliphatic rings. The molecule has 0 aliphatic carbocycles.